The molecule has 0 amide bonds. The van der Waals surface area contributed by atoms with Gasteiger partial charge in [-0.2, -0.15) is 10.5 Å². The van der Waals surface area contributed by atoms with E-state index in [1.165, 1.54) is 0 Å². The van der Waals surface area contributed by atoms with Gasteiger partial charge >= 0.3 is 0 Å². The summed E-state index contributed by atoms with van der Waals surface area (Å²) < 4.78 is 11.4. The van der Waals surface area contributed by atoms with E-state index in [4.69, 9.17) is 14.7 Å². The summed E-state index contributed by atoms with van der Waals surface area (Å²) in [5.41, 5.74) is 2.80. The predicted octanol–water partition coefficient (Wildman–Crippen LogP) is 4.19. The third-order valence-corrected chi connectivity index (χ3v) is 4.80. The van der Waals surface area contributed by atoms with E-state index in [2.05, 4.69) is 27.4 Å². The fraction of sp³-hybridized carbons (Fsp3) is 0.217. The zero-order valence-electron chi connectivity index (χ0n) is 16.2. The molecule has 1 fully saturated rings. The van der Waals surface area contributed by atoms with Crippen molar-refractivity contribution >= 4 is 11.6 Å². The number of benzene rings is 1. The lowest BCUT2D eigenvalue weighted by atomic mass is 10.0. The van der Waals surface area contributed by atoms with Gasteiger partial charge in [-0.05, 0) is 47.5 Å². The number of hydrogen-bond donors (Lipinski definition) is 1. The van der Waals surface area contributed by atoms with Gasteiger partial charge in [0.05, 0.1) is 30.4 Å². The van der Waals surface area contributed by atoms with E-state index in [-0.39, 0.29) is 6.10 Å². The van der Waals surface area contributed by atoms with E-state index >= 15 is 0 Å². The Balaban J connectivity index is 1.55. The third kappa shape index (κ3) is 4.54. The molecular weight excluding hydrogens is 378 g/mol. The van der Waals surface area contributed by atoms with Gasteiger partial charge < -0.3 is 14.8 Å². The molecule has 0 radical (unpaired) electrons. The summed E-state index contributed by atoms with van der Waals surface area (Å²) in [5, 5.41) is 21.7. The van der Waals surface area contributed by atoms with Gasteiger partial charge in [0.1, 0.15) is 29.6 Å². The molecule has 0 bridgehead atoms. The maximum Gasteiger partial charge on any atom is 0.137 e. The second-order valence-corrected chi connectivity index (χ2v) is 6.85. The number of rotatable bonds is 5. The van der Waals surface area contributed by atoms with Gasteiger partial charge in [-0.15, -0.1) is 0 Å². The van der Waals surface area contributed by atoms with Crippen LogP contribution < -0.4 is 10.1 Å². The molecule has 4 rings (SSSR count). The highest BCUT2D eigenvalue weighted by molar-refractivity contribution is 5.70. The maximum absolute atomic E-state index is 9.60. The Bertz CT molecular complexity index is 1130. The molecule has 1 N–H and O–H groups in total. The Morgan fingerprint density at radius 2 is 1.63 bits per heavy atom. The van der Waals surface area contributed by atoms with Crippen LogP contribution in [0.2, 0.25) is 0 Å². The molecule has 2 aromatic heterocycles. The second-order valence-electron chi connectivity index (χ2n) is 6.85. The third-order valence-electron chi connectivity index (χ3n) is 4.80. The van der Waals surface area contributed by atoms with Crippen molar-refractivity contribution in [2.24, 2.45) is 0 Å². The zero-order valence-corrected chi connectivity index (χ0v) is 16.2. The van der Waals surface area contributed by atoms with Crippen molar-refractivity contribution in [3.05, 3.63) is 66.0 Å². The van der Waals surface area contributed by atoms with Gasteiger partial charge in [-0.25, -0.2) is 9.97 Å². The molecule has 1 aromatic carbocycles. The van der Waals surface area contributed by atoms with Gasteiger partial charge in [-0.3, -0.25) is 0 Å². The number of pyridine rings is 2. The molecule has 0 unspecified atom stereocenters. The van der Waals surface area contributed by atoms with Crippen LogP contribution in [0.1, 0.15) is 24.0 Å². The van der Waals surface area contributed by atoms with E-state index in [1.54, 1.807) is 24.5 Å². The van der Waals surface area contributed by atoms with E-state index in [0.29, 0.717) is 41.7 Å². The topological polar surface area (TPSA) is 104 Å². The van der Waals surface area contributed by atoms with E-state index < -0.39 is 0 Å². The molecule has 3 aromatic rings. The lowest BCUT2D eigenvalue weighted by molar-refractivity contribution is 0.0254. The van der Waals surface area contributed by atoms with Crippen molar-refractivity contribution in [1.29, 1.82) is 10.5 Å². The molecule has 0 aliphatic carbocycles. The Kier molecular flexibility index (Phi) is 5.84. The van der Waals surface area contributed by atoms with Crippen LogP contribution in [0.5, 0.6) is 5.75 Å². The largest absolute Gasteiger partial charge is 0.489 e. The van der Waals surface area contributed by atoms with Crippen molar-refractivity contribution in [2.45, 2.75) is 18.9 Å². The van der Waals surface area contributed by atoms with Crippen molar-refractivity contribution in [3.8, 4) is 29.0 Å². The summed E-state index contributed by atoms with van der Waals surface area (Å²) >= 11 is 0. The molecule has 1 aliphatic heterocycles. The van der Waals surface area contributed by atoms with Gasteiger partial charge in [0.25, 0.3) is 0 Å². The number of nitriles is 2. The van der Waals surface area contributed by atoms with Crippen molar-refractivity contribution < 1.29 is 9.47 Å². The molecule has 7 nitrogen and oxygen atoms in total. The Morgan fingerprint density at radius 1 is 0.900 bits per heavy atom. The summed E-state index contributed by atoms with van der Waals surface area (Å²) in [4.78, 5) is 8.53. The standard InChI is InChI=1S/C23H19N5O2/c24-14-16-3-7-26-22(11-16)28-23-13-18(4-8-27-23)17-1-2-21(19(12-17)15-25)30-20-5-9-29-10-6-20/h1-4,7-8,11-13,20H,5-6,9-10H2,(H,26,27,28). The molecule has 30 heavy (non-hydrogen) atoms. The van der Waals surface area contributed by atoms with Crippen LogP contribution in [0.4, 0.5) is 11.6 Å². The molecule has 3 heterocycles. The summed E-state index contributed by atoms with van der Waals surface area (Å²) in [5.74, 6) is 1.73. The SMILES string of the molecule is N#Cc1ccnc(Nc2cc(-c3ccc(OC4CCOCC4)c(C#N)c3)ccn2)c1. The summed E-state index contributed by atoms with van der Waals surface area (Å²) in [7, 11) is 0. The lowest BCUT2D eigenvalue weighted by Crippen LogP contribution is -2.26. The van der Waals surface area contributed by atoms with Gasteiger partial charge in [0.2, 0.25) is 0 Å². The summed E-state index contributed by atoms with van der Waals surface area (Å²) in [6, 6.07) is 17.0. The number of ether oxygens (including phenoxy) is 2. The number of aromatic nitrogens is 2. The molecule has 1 aliphatic rings. The first kappa shape index (κ1) is 19.4. The first-order valence-electron chi connectivity index (χ1n) is 9.63. The first-order chi connectivity index (χ1) is 14.7. The molecule has 0 atom stereocenters. The summed E-state index contributed by atoms with van der Waals surface area (Å²) in [6.45, 7) is 1.37. The van der Waals surface area contributed by atoms with Crippen LogP contribution in [0.3, 0.4) is 0 Å². The van der Waals surface area contributed by atoms with Gasteiger partial charge in [0.15, 0.2) is 0 Å². The Hall–Kier alpha value is -3.94. The number of nitrogens with one attached hydrogen (secondary N) is 1. The van der Waals surface area contributed by atoms with Crippen LogP contribution >= 0.6 is 0 Å². The first-order valence-corrected chi connectivity index (χ1v) is 9.63. The lowest BCUT2D eigenvalue weighted by Gasteiger charge is -2.23. The highest BCUT2D eigenvalue weighted by atomic mass is 16.5. The minimum atomic E-state index is 0.0742. The average Bonchev–Trinajstić information content (AvgIpc) is 2.80. The van der Waals surface area contributed by atoms with E-state index in [1.807, 2.05) is 30.3 Å². The molecule has 0 saturated carbocycles. The van der Waals surface area contributed by atoms with E-state index in [9.17, 15) is 5.26 Å². The van der Waals surface area contributed by atoms with E-state index in [0.717, 1.165) is 24.0 Å². The normalized spacial score (nSPS) is 13.8. The van der Waals surface area contributed by atoms with Crippen molar-refractivity contribution in [3.63, 3.8) is 0 Å². The number of nitrogens with zero attached hydrogens (tertiary/aromatic N) is 4. The molecular formula is C23H19N5O2. The van der Waals surface area contributed by atoms with Crippen LogP contribution in [0, 0.1) is 22.7 Å². The average molecular weight is 397 g/mol. The van der Waals surface area contributed by atoms with Gasteiger partial charge in [0, 0.05) is 25.2 Å². The fourth-order valence-electron chi connectivity index (χ4n) is 3.25. The molecule has 7 heteroatoms. The molecule has 1 saturated heterocycles. The monoisotopic (exact) mass is 397 g/mol. The minimum absolute atomic E-state index is 0.0742. The van der Waals surface area contributed by atoms with Crippen LogP contribution in [0.15, 0.2) is 54.9 Å². The number of hydrogen-bond acceptors (Lipinski definition) is 7. The quantitative estimate of drug-likeness (QED) is 0.688. The highest BCUT2D eigenvalue weighted by Gasteiger charge is 2.17. The fourth-order valence-corrected chi connectivity index (χ4v) is 3.25. The second kappa shape index (κ2) is 9.04. The Morgan fingerprint density at radius 3 is 2.40 bits per heavy atom. The predicted molar refractivity (Wildman–Crippen MR) is 111 cm³/mol. The minimum Gasteiger partial charge on any atom is -0.489 e. The van der Waals surface area contributed by atoms with Gasteiger partial charge in [-0.1, -0.05) is 6.07 Å². The highest BCUT2D eigenvalue weighted by Crippen LogP contribution is 2.29. The van der Waals surface area contributed by atoms with Crippen LogP contribution in [-0.4, -0.2) is 29.3 Å². The van der Waals surface area contributed by atoms with Crippen molar-refractivity contribution in [2.75, 3.05) is 18.5 Å². The van der Waals surface area contributed by atoms with Crippen molar-refractivity contribution in [1.82, 2.24) is 9.97 Å². The maximum atomic E-state index is 9.60. The molecule has 0 spiro atoms. The zero-order chi connectivity index (χ0) is 20.8. The Labute approximate surface area is 174 Å². The summed E-state index contributed by atoms with van der Waals surface area (Å²) in [6.07, 6.45) is 4.98. The number of anilines is 2. The van der Waals surface area contributed by atoms with Crippen LogP contribution in [-0.2, 0) is 4.74 Å². The molecule has 148 valence electrons. The van der Waals surface area contributed by atoms with Crippen LogP contribution in [0.25, 0.3) is 11.1 Å². The smallest absolute Gasteiger partial charge is 0.137 e.